The highest BCUT2D eigenvalue weighted by atomic mass is 79.9. The average Bonchev–Trinajstić information content (AvgIpc) is 2.89. The van der Waals surface area contributed by atoms with Crippen molar-refractivity contribution in [3.8, 4) is 0 Å². The number of aryl methyl sites for hydroxylation is 2. The zero-order valence-electron chi connectivity index (χ0n) is 10.8. The summed E-state index contributed by atoms with van der Waals surface area (Å²) in [6.45, 7) is 7.93. The molecule has 3 heterocycles. The van der Waals surface area contributed by atoms with Crippen molar-refractivity contribution in [2.45, 2.75) is 13.5 Å². The summed E-state index contributed by atoms with van der Waals surface area (Å²) in [4.78, 5) is 2.57. The third-order valence-electron chi connectivity index (χ3n) is 4.10. The highest BCUT2D eigenvalue weighted by Crippen LogP contribution is 2.29. The van der Waals surface area contributed by atoms with Crippen LogP contribution in [-0.2, 0) is 13.6 Å². The molecular formula is C12H20BrClN4. The van der Waals surface area contributed by atoms with Crippen molar-refractivity contribution in [3.05, 3.63) is 15.9 Å². The zero-order chi connectivity index (χ0) is 12.0. The fourth-order valence-electron chi connectivity index (χ4n) is 3.15. The van der Waals surface area contributed by atoms with E-state index in [2.05, 4.69) is 38.2 Å². The molecule has 3 rings (SSSR count). The summed E-state index contributed by atoms with van der Waals surface area (Å²) in [7, 11) is 2.03. The lowest BCUT2D eigenvalue weighted by molar-refractivity contribution is 0.296. The summed E-state index contributed by atoms with van der Waals surface area (Å²) >= 11 is 3.65. The molecule has 2 aliphatic heterocycles. The Morgan fingerprint density at radius 2 is 1.94 bits per heavy atom. The largest absolute Gasteiger partial charge is 0.316 e. The molecule has 2 aliphatic rings. The van der Waals surface area contributed by atoms with Gasteiger partial charge in [-0.3, -0.25) is 9.58 Å². The van der Waals surface area contributed by atoms with Gasteiger partial charge >= 0.3 is 0 Å². The first-order valence-electron chi connectivity index (χ1n) is 6.26. The van der Waals surface area contributed by atoms with Crippen LogP contribution in [0.5, 0.6) is 0 Å². The van der Waals surface area contributed by atoms with E-state index in [9.17, 15) is 0 Å². The van der Waals surface area contributed by atoms with Crippen molar-refractivity contribution >= 4 is 28.3 Å². The Hall–Kier alpha value is -0.100. The molecule has 0 unspecified atom stereocenters. The van der Waals surface area contributed by atoms with Crippen LogP contribution in [0, 0.1) is 18.8 Å². The molecule has 0 aromatic carbocycles. The van der Waals surface area contributed by atoms with Crippen molar-refractivity contribution < 1.29 is 0 Å². The van der Waals surface area contributed by atoms with Gasteiger partial charge < -0.3 is 5.32 Å². The van der Waals surface area contributed by atoms with Gasteiger partial charge in [0.25, 0.3) is 0 Å². The monoisotopic (exact) mass is 334 g/mol. The lowest BCUT2D eigenvalue weighted by atomic mass is 10.0. The van der Waals surface area contributed by atoms with Gasteiger partial charge in [0.15, 0.2) is 0 Å². The molecule has 1 aromatic rings. The van der Waals surface area contributed by atoms with Crippen LogP contribution < -0.4 is 5.32 Å². The van der Waals surface area contributed by atoms with E-state index < -0.39 is 0 Å². The van der Waals surface area contributed by atoms with Gasteiger partial charge in [0.05, 0.1) is 15.9 Å². The molecule has 0 amide bonds. The van der Waals surface area contributed by atoms with Crippen molar-refractivity contribution in [1.29, 1.82) is 0 Å². The molecule has 2 saturated heterocycles. The molecule has 6 heteroatoms. The highest BCUT2D eigenvalue weighted by molar-refractivity contribution is 9.10. The van der Waals surface area contributed by atoms with Gasteiger partial charge in [0, 0.05) is 26.7 Å². The SMILES string of the molecule is Cc1nn(C)c(CN2C[C@H]3CNC[C@H]3C2)c1Br.Cl. The van der Waals surface area contributed by atoms with E-state index in [-0.39, 0.29) is 12.4 Å². The van der Waals surface area contributed by atoms with E-state index in [1.165, 1.54) is 36.3 Å². The average molecular weight is 336 g/mol. The molecule has 2 atom stereocenters. The summed E-state index contributed by atoms with van der Waals surface area (Å²) in [6, 6.07) is 0. The minimum absolute atomic E-state index is 0. The Morgan fingerprint density at radius 1 is 1.33 bits per heavy atom. The third-order valence-corrected chi connectivity index (χ3v) is 5.13. The first-order valence-corrected chi connectivity index (χ1v) is 7.05. The topological polar surface area (TPSA) is 33.1 Å². The van der Waals surface area contributed by atoms with Crippen LogP contribution in [-0.4, -0.2) is 40.9 Å². The number of fused-ring (bicyclic) bond motifs is 1. The van der Waals surface area contributed by atoms with Crippen molar-refractivity contribution in [1.82, 2.24) is 20.0 Å². The molecule has 0 spiro atoms. The number of aromatic nitrogens is 2. The Morgan fingerprint density at radius 3 is 2.44 bits per heavy atom. The number of likely N-dealkylation sites (tertiary alicyclic amines) is 1. The van der Waals surface area contributed by atoms with Crippen LogP contribution in [0.4, 0.5) is 0 Å². The summed E-state index contributed by atoms with van der Waals surface area (Å²) in [5.74, 6) is 1.73. The van der Waals surface area contributed by atoms with Crippen LogP contribution in [0.25, 0.3) is 0 Å². The van der Waals surface area contributed by atoms with Crippen molar-refractivity contribution in [2.24, 2.45) is 18.9 Å². The number of nitrogens with zero attached hydrogens (tertiary/aromatic N) is 3. The first kappa shape index (κ1) is 14.3. The number of hydrogen-bond donors (Lipinski definition) is 1. The van der Waals surface area contributed by atoms with Crippen LogP contribution in [0.15, 0.2) is 4.47 Å². The molecule has 0 saturated carbocycles. The Kier molecular flexibility index (Phi) is 4.36. The molecule has 0 radical (unpaired) electrons. The molecule has 1 aromatic heterocycles. The van der Waals surface area contributed by atoms with Gasteiger partial charge in [-0.2, -0.15) is 5.10 Å². The minimum atomic E-state index is 0. The second-order valence-corrected chi connectivity index (χ2v) is 6.14. The Bertz CT molecular complexity index is 422. The number of rotatable bonds is 2. The van der Waals surface area contributed by atoms with E-state index >= 15 is 0 Å². The lowest BCUT2D eigenvalue weighted by Crippen LogP contribution is -2.26. The predicted molar refractivity (Wildman–Crippen MR) is 78.0 cm³/mol. The van der Waals surface area contributed by atoms with Gasteiger partial charge in [0.2, 0.25) is 0 Å². The van der Waals surface area contributed by atoms with Gasteiger partial charge in [-0.05, 0) is 47.8 Å². The van der Waals surface area contributed by atoms with Gasteiger partial charge in [-0.25, -0.2) is 0 Å². The fraction of sp³-hybridized carbons (Fsp3) is 0.750. The maximum absolute atomic E-state index is 4.46. The highest BCUT2D eigenvalue weighted by Gasteiger charge is 2.36. The molecular weight excluding hydrogens is 316 g/mol. The van der Waals surface area contributed by atoms with Gasteiger partial charge in [0.1, 0.15) is 0 Å². The van der Waals surface area contributed by atoms with E-state index in [0.29, 0.717) is 0 Å². The molecule has 4 nitrogen and oxygen atoms in total. The minimum Gasteiger partial charge on any atom is -0.316 e. The van der Waals surface area contributed by atoms with Crippen LogP contribution in [0.2, 0.25) is 0 Å². The van der Waals surface area contributed by atoms with Crippen LogP contribution in [0.3, 0.4) is 0 Å². The van der Waals surface area contributed by atoms with Crippen molar-refractivity contribution in [3.63, 3.8) is 0 Å². The standard InChI is InChI=1S/C12H19BrN4.ClH/c1-8-12(13)11(16(2)15-8)7-17-5-9-3-14-4-10(9)6-17;/h9-10,14H,3-7H2,1-2H3;1H/t9-,10+;. The number of hydrogen-bond acceptors (Lipinski definition) is 3. The number of nitrogens with one attached hydrogen (secondary N) is 1. The number of halogens is 2. The summed E-state index contributed by atoms with van der Waals surface area (Å²) in [5, 5.41) is 7.94. The Labute approximate surface area is 123 Å². The molecule has 102 valence electrons. The van der Waals surface area contributed by atoms with Crippen molar-refractivity contribution in [2.75, 3.05) is 26.2 Å². The van der Waals surface area contributed by atoms with Crippen LogP contribution in [0.1, 0.15) is 11.4 Å². The van der Waals surface area contributed by atoms with E-state index in [4.69, 9.17) is 0 Å². The quantitative estimate of drug-likeness (QED) is 0.890. The summed E-state index contributed by atoms with van der Waals surface area (Å²) < 4.78 is 3.18. The predicted octanol–water partition coefficient (Wildman–Crippen LogP) is 1.56. The molecule has 0 bridgehead atoms. The van der Waals surface area contributed by atoms with E-state index in [1.807, 2.05) is 11.7 Å². The Balaban J connectivity index is 0.00000120. The first-order chi connectivity index (χ1) is 8.15. The van der Waals surface area contributed by atoms with E-state index in [0.717, 1.165) is 24.1 Å². The molecule has 18 heavy (non-hydrogen) atoms. The zero-order valence-corrected chi connectivity index (χ0v) is 13.2. The normalized spacial score (nSPS) is 27.3. The third kappa shape index (κ3) is 2.46. The maximum atomic E-state index is 4.46. The maximum Gasteiger partial charge on any atom is 0.0739 e. The molecule has 1 N–H and O–H groups in total. The second-order valence-electron chi connectivity index (χ2n) is 5.34. The van der Waals surface area contributed by atoms with E-state index in [1.54, 1.807) is 0 Å². The smallest absolute Gasteiger partial charge is 0.0739 e. The molecule has 2 fully saturated rings. The lowest BCUT2D eigenvalue weighted by Gasteiger charge is -2.17. The van der Waals surface area contributed by atoms with Gasteiger partial charge in [-0.15, -0.1) is 12.4 Å². The fourth-order valence-corrected chi connectivity index (χ4v) is 3.61. The van der Waals surface area contributed by atoms with Crippen LogP contribution >= 0.6 is 28.3 Å². The summed E-state index contributed by atoms with van der Waals surface area (Å²) in [5.41, 5.74) is 2.39. The summed E-state index contributed by atoms with van der Waals surface area (Å²) in [6.07, 6.45) is 0. The van der Waals surface area contributed by atoms with Gasteiger partial charge in [-0.1, -0.05) is 0 Å². The second kappa shape index (κ2) is 5.49. The molecule has 0 aliphatic carbocycles.